The van der Waals surface area contributed by atoms with Crippen LogP contribution >= 0.6 is 15.9 Å². The highest BCUT2D eigenvalue weighted by Gasteiger charge is 2.33. The highest BCUT2D eigenvalue weighted by Crippen LogP contribution is 2.32. The van der Waals surface area contributed by atoms with E-state index in [-0.39, 0.29) is 23.7 Å². The summed E-state index contributed by atoms with van der Waals surface area (Å²) in [5.74, 6) is -0.526. The van der Waals surface area contributed by atoms with E-state index >= 15 is 0 Å². The quantitative estimate of drug-likeness (QED) is 0.809. The third kappa shape index (κ3) is 2.41. The van der Waals surface area contributed by atoms with E-state index in [2.05, 4.69) is 21.2 Å². The molecule has 3 nitrogen and oxygen atoms in total. The Morgan fingerprint density at radius 2 is 2.06 bits per heavy atom. The Balaban J connectivity index is 2.34. The SMILES string of the molecule is Cc1cc(C2CC(=O)NC(=O)C2C)ccc1Br. The first-order chi connectivity index (χ1) is 7.99. The number of hydrogen-bond donors (Lipinski definition) is 1. The lowest BCUT2D eigenvalue weighted by Crippen LogP contribution is -2.43. The number of imide groups is 1. The van der Waals surface area contributed by atoms with Crippen molar-refractivity contribution in [2.24, 2.45) is 5.92 Å². The summed E-state index contributed by atoms with van der Waals surface area (Å²) in [6.07, 6.45) is 0.383. The van der Waals surface area contributed by atoms with Crippen molar-refractivity contribution in [3.05, 3.63) is 33.8 Å². The minimum absolute atomic E-state index is 0.0111. The molecule has 17 heavy (non-hydrogen) atoms. The van der Waals surface area contributed by atoms with E-state index in [1.165, 1.54) is 0 Å². The molecule has 1 aliphatic heterocycles. The summed E-state index contributed by atoms with van der Waals surface area (Å²) < 4.78 is 1.04. The second-order valence-corrected chi connectivity index (χ2v) is 5.37. The van der Waals surface area contributed by atoms with Crippen molar-refractivity contribution in [2.45, 2.75) is 26.2 Å². The molecule has 2 atom stereocenters. The number of rotatable bonds is 1. The van der Waals surface area contributed by atoms with Crippen LogP contribution in [0, 0.1) is 12.8 Å². The van der Waals surface area contributed by atoms with Crippen LogP contribution in [0.3, 0.4) is 0 Å². The summed E-state index contributed by atoms with van der Waals surface area (Å²) in [4.78, 5) is 23.0. The summed E-state index contributed by atoms with van der Waals surface area (Å²) in [6, 6.07) is 5.98. The van der Waals surface area contributed by atoms with Gasteiger partial charge in [0.25, 0.3) is 0 Å². The van der Waals surface area contributed by atoms with Gasteiger partial charge in [0.2, 0.25) is 11.8 Å². The number of benzene rings is 1. The molecule has 0 bridgehead atoms. The van der Waals surface area contributed by atoms with Crippen LogP contribution in [0.4, 0.5) is 0 Å². The zero-order valence-corrected chi connectivity index (χ0v) is 11.4. The summed E-state index contributed by atoms with van der Waals surface area (Å²) in [6.45, 7) is 3.87. The zero-order valence-electron chi connectivity index (χ0n) is 9.79. The maximum absolute atomic E-state index is 11.6. The van der Waals surface area contributed by atoms with Crippen LogP contribution in [0.5, 0.6) is 0 Å². The Bertz CT molecular complexity index is 484. The predicted molar refractivity (Wildman–Crippen MR) is 68.6 cm³/mol. The molecule has 2 amide bonds. The number of amides is 2. The van der Waals surface area contributed by atoms with Crippen LogP contribution in [0.2, 0.25) is 0 Å². The molecule has 1 N–H and O–H groups in total. The smallest absolute Gasteiger partial charge is 0.230 e. The van der Waals surface area contributed by atoms with Crippen molar-refractivity contribution < 1.29 is 9.59 Å². The molecular weight excluding hydrogens is 282 g/mol. The minimum atomic E-state index is -0.182. The van der Waals surface area contributed by atoms with Gasteiger partial charge in [-0.1, -0.05) is 35.0 Å². The third-order valence-corrected chi connectivity index (χ3v) is 4.18. The molecule has 0 aromatic heterocycles. The van der Waals surface area contributed by atoms with Crippen molar-refractivity contribution in [3.8, 4) is 0 Å². The van der Waals surface area contributed by atoms with Crippen molar-refractivity contribution in [1.82, 2.24) is 5.32 Å². The van der Waals surface area contributed by atoms with Crippen molar-refractivity contribution >= 4 is 27.7 Å². The van der Waals surface area contributed by atoms with Crippen LogP contribution in [0.25, 0.3) is 0 Å². The number of piperidine rings is 1. The Kier molecular flexibility index (Phi) is 3.33. The molecule has 1 aromatic carbocycles. The summed E-state index contributed by atoms with van der Waals surface area (Å²) in [5, 5.41) is 2.37. The third-order valence-electron chi connectivity index (χ3n) is 3.30. The van der Waals surface area contributed by atoms with E-state index in [4.69, 9.17) is 0 Å². The fourth-order valence-electron chi connectivity index (χ4n) is 2.17. The lowest BCUT2D eigenvalue weighted by molar-refractivity contribution is -0.136. The van der Waals surface area contributed by atoms with E-state index in [1.807, 2.05) is 32.0 Å². The van der Waals surface area contributed by atoms with Gasteiger partial charge in [0, 0.05) is 22.7 Å². The lowest BCUT2D eigenvalue weighted by Gasteiger charge is -2.28. The van der Waals surface area contributed by atoms with Crippen LogP contribution in [0.15, 0.2) is 22.7 Å². The second-order valence-electron chi connectivity index (χ2n) is 4.52. The highest BCUT2D eigenvalue weighted by atomic mass is 79.9. The van der Waals surface area contributed by atoms with Gasteiger partial charge < -0.3 is 0 Å². The average molecular weight is 296 g/mol. The van der Waals surface area contributed by atoms with Gasteiger partial charge in [-0.25, -0.2) is 0 Å². The standard InChI is InChI=1S/C13H14BrNO2/c1-7-5-9(3-4-11(7)14)10-6-12(16)15-13(17)8(10)2/h3-5,8,10H,6H2,1-2H3,(H,15,16,17). The number of halogens is 1. The molecule has 2 rings (SSSR count). The molecule has 1 aromatic rings. The Hall–Kier alpha value is -1.16. The summed E-state index contributed by atoms with van der Waals surface area (Å²) >= 11 is 3.45. The van der Waals surface area contributed by atoms with Gasteiger partial charge in [0.05, 0.1) is 0 Å². The summed E-state index contributed by atoms with van der Waals surface area (Å²) in [7, 11) is 0. The Labute approximate surface area is 109 Å². The first-order valence-corrected chi connectivity index (χ1v) is 6.38. The fraction of sp³-hybridized carbons (Fsp3) is 0.385. The van der Waals surface area contributed by atoms with E-state index < -0.39 is 0 Å². The topological polar surface area (TPSA) is 46.2 Å². The normalized spacial score (nSPS) is 24.6. The molecule has 0 spiro atoms. The number of hydrogen-bond acceptors (Lipinski definition) is 2. The zero-order chi connectivity index (χ0) is 12.6. The lowest BCUT2D eigenvalue weighted by atomic mass is 9.81. The fourth-order valence-corrected chi connectivity index (χ4v) is 2.41. The van der Waals surface area contributed by atoms with E-state index in [9.17, 15) is 9.59 Å². The van der Waals surface area contributed by atoms with Crippen LogP contribution < -0.4 is 5.32 Å². The minimum Gasteiger partial charge on any atom is -0.296 e. The van der Waals surface area contributed by atoms with Gasteiger partial charge in [-0.05, 0) is 24.1 Å². The van der Waals surface area contributed by atoms with Crippen molar-refractivity contribution in [3.63, 3.8) is 0 Å². The van der Waals surface area contributed by atoms with E-state index in [0.29, 0.717) is 6.42 Å². The first-order valence-electron chi connectivity index (χ1n) is 5.59. The molecule has 0 aliphatic carbocycles. The molecule has 1 heterocycles. The highest BCUT2D eigenvalue weighted by molar-refractivity contribution is 9.10. The molecule has 1 fully saturated rings. The van der Waals surface area contributed by atoms with Crippen LogP contribution in [-0.2, 0) is 9.59 Å². The van der Waals surface area contributed by atoms with Crippen molar-refractivity contribution in [1.29, 1.82) is 0 Å². The van der Waals surface area contributed by atoms with Gasteiger partial charge in [0.15, 0.2) is 0 Å². The van der Waals surface area contributed by atoms with E-state index in [0.717, 1.165) is 15.6 Å². The Morgan fingerprint density at radius 3 is 2.71 bits per heavy atom. The van der Waals surface area contributed by atoms with Crippen molar-refractivity contribution in [2.75, 3.05) is 0 Å². The first kappa shape index (κ1) is 12.3. The molecule has 1 aliphatic rings. The maximum Gasteiger partial charge on any atom is 0.230 e. The second kappa shape index (κ2) is 4.61. The molecule has 4 heteroatoms. The summed E-state index contributed by atoms with van der Waals surface area (Å²) in [5.41, 5.74) is 2.18. The number of carbonyl (C=O) groups excluding carboxylic acids is 2. The average Bonchev–Trinajstić information content (AvgIpc) is 2.27. The van der Waals surface area contributed by atoms with Crippen LogP contribution in [0.1, 0.15) is 30.4 Å². The Morgan fingerprint density at radius 1 is 1.35 bits per heavy atom. The largest absolute Gasteiger partial charge is 0.296 e. The van der Waals surface area contributed by atoms with Gasteiger partial charge >= 0.3 is 0 Å². The number of aryl methyl sites for hydroxylation is 1. The predicted octanol–water partition coefficient (Wildman–Crippen LogP) is 2.52. The molecule has 2 unspecified atom stereocenters. The van der Waals surface area contributed by atoms with Gasteiger partial charge in [-0.2, -0.15) is 0 Å². The van der Waals surface area contributed by atoms with Gasteiger partial charge in [-0.15, -0.1) is 0 Å². The monoisotopic (exact) mass is 295 g/mol. The van der Waals surface area contributed by atoms with Gasteiger partial charge in [0.1, 0.15) is 0 Å². The number of nitrogens with one attached hydrogen (secondary N) is 1. The van der Waals surface area contributed by atoms with E-state index in [1.54, 1.807) is 0 Å². The maximum atomic E-state index is 11.6. The molecular formula is C13H14BrNO2. The molecule has 1 saturated heterocycles. The molecule has 90 valence electrons. The molecule has 0 radical (unpaired) electrons. The number of carbonyl (C=O) groups is 2. The molecule has 0 saturated carbocycles. The van der Waals surface area contributed by atoms with Crippen LogP contribution in [-0.4, -0.2) is 11.8 Å². The van der Waals surface area contributed by atoms with Gasteiger partial charge in [-0.3, -0.25) is 14.9 Å².